The first-order chi connectivity index (χ1) is 23.5. The standard InChI is InChI=1S/C36H33N2O7P3/c1-4-6-16-29(5-2)41-47(43-31-18-15-26-38-28-31)45-34-22-11-13-24-36(34)48(39,32-19-8-7-9-20-32)35-23-12-10-21-33(35)44-46(40-3)42-30-17-14-25-37-27-30/h4-28H,2H2,1,3H3/b6-4-,29-16+. The molecule has 3 atom stereocenters. The van der Waals surface area contributed by atoms with Gasteiger partial charge in [0.1, 0.15) is 28.8 Å². The van der Waals surface area contributed by atoms with E-state index in [0.717, 1.165) is 0 Å². The Balaban J connectivity index is 1.59. The summed E-state index contributed by atoms with van der Waals surface area (Å²) in [7, 11) is -6.31. The van der Waals surface area contributed by atoms with Crippen molar-refractivity contribution in [3.8, 4) is 23.0 Å². The zero-order valence-corrected chi connectivity index (χ0v) is 28.9. The van der Waals surface area contributed by atoms with Gasteiger partial charge in [-0.3, -0.25) is 14.5 Å². The molecule has 0 bridgehead atoms. The molecule has 2 aromatic heterocycles. The van der Waals surface area contributed by atoms with Gasteiger partial charge in [0.15, 0.2) is 7.14 Å². The highest BCUT2D eigenvalue weighted by Crippen LogP contribution is 2.52. The largest absolute Gasteiger partial charge is 0.530 e. The minimum atomic E-state index is -3.72. The van der Waals surface area contributed by atoms with Crippen molar-refractivity contribution in [2.75, 3.05) is 7.11 Å². The van der Waals surface area contributed by atoms with Crippen LogP contribution in [-0.4, -0.2) is 17.1 Å². The van der Waals surface area contributed by atoms with Crippen LogP contribution >= 0.6 is 24.3 Å². The van der Waals surface area contributed by atoms with Crippen molar-refractivity contribution in [2.24, 2.45) is 0 Å². The van der Waals surface area contributed by atoms with E-state index < -0.39 is 24.3 Å². The number of benzene rings is 3. The van der Waals surface area contributed by atoms with E-state index in [2.05, 4.69) is 16.5 Å². The van der Waals surface area contributed by atoms with E-state index in [0.29, 0.717) is 44.7 Å². The highest BCUT2D eigenvalue weighted by Gasteiger charge is 2.37. The molecule has 0 aliphatic carbocycles. The van der Waals surface area contributed by atoms with Crippen LogP contribution in [0.25, 0.3) is 0 Å². The van der Waals surface area contributed by atoms with Gasteiger partial charge in [0, 0.05) is 24.8 Å². The molecule has 0 saturated heterocycles. The van der Waals surface area contributed by atoms with Crippen molar-refractivity contribution in [1.82, 2.24) is 9.97 Å². The number of aromatic nitrogens is 2. The Morgan fingerprint density at radius 2 is 1.25 bits per heavy atom. The average Bonchev–Trinajstić information content (AvgIpc) is 3.14. The lowest BCUT2D eigenvalue weighted by Crippen LogP contribution is -2.27. The summed E-state index contributed by atoms with van der Waals surface area (Å²) in [5, 5.41) is 1.39. The van der Waals surface area contributed by atoms with Crippen LogP contribution < -0.4 is 34.0 Å². The van der Waals surface area contributed by atoms with Gasteiger partial charge < -0.3 is 27.2 Å². The zero-order valence-electron chi connectivity index (χ0n) is 26.2. The van der Waals surface area contributed by atoms with Crippen LogP contribution in [0.5, 0.6) is 23.0 Å². The minimum absolute atomic E-state index is 0.296. The van der Waals surface area contributed by atoms with Crippen LogP contribution in [-0.2, 0) is 13.6 Å². The van der Waals surface area contributed by atoms with Crippen molar-refractivity contribution in [2.45, 2.75) is 6.92 Å². The maximum absolute atomic E-state index is 15.9. The van der Waals surface area contributed by atoms with Gasteiger partial charge in [0.25, 0.3) is 0 Å². The highest BCUT2D eigenvalue weighted by molar-refractivity contribution is 7.85. The van der Waals surface area contributed by atoms with Crippen molar-refractivity contribution < 1.29 is 31.7 Å². The zero-order chi connectivity index (χ0) is 33.6. The van der Waals surface area contributed by atoms with Crippen LogP contribution in [0, 0.1) is 0 Å². The molecule has 12 heteroatoms. The molecule has 3 unspecified atom stereocenters. The smallest absolute Gasteiger partial charge is 0.417 e. The molecule has 0 N–H and O–H groups in total. The highest BCUT2D eigenvalue weighted by atomic mass is 31.2. The average molecular weight is 699 g/mol. The number of rotatable bonds is 16. The molecule has 0 radical (unpaired) electrons. The summed E-state index contributed by atoms with van der Waals surface area (Å²) in [4.78, 5) is 8.24. The Kier molecular flexibility index (Phi) is 12.5. The lowest BCUT2D eigenvalue weighted by molar-refractivity contribution is 0.323. The summed E-state index contributed by atoms with van der Waals surface area (Å²) in [6.07, 6.45) is 13.4. The number of nitrogens with zero attached hydrogens (tertiary/aromatic N) is 2. The monoisotopic (exact) mass is 698 g/mol. The third-order valence-electron chi connectivity index (χ3n) is 6.49. The Morgan fingerprint density at radius 1 is 0.708 bits per heavy atom. The molecular weight excluding hydrogens is 665 g/mol. The van der Waals surface area contributed by atoms with E-state index >= 15 is 4.57 Å². The lowest BCUT2D eigenvalue weighted by atomic mass is 10.3. The van der Waals surface area contributed by atoms with Gasteiger partial charge in [-0.25, -0.2) is 0 Å². The van der Waals surface area contributed by atoms with Crippen LogP contribution in [0.1, 0.15) is 6.92 Å². The first-order valence-electron chi connectivity index (χ1n) is 14.7. The van der Waals surface area contributed by atoms with Crippen LogP contribution in [0.3, 0.4) is 0 Å². The molecule has 0 fully saturated rings. The Labute approximate surface area is 282 Å². The van der Waals surface area contributed by atoms with E-state index in [4.69, 9.17) is 27.1 Å². The topological polar surface area (TPSA) is 98.2 Å². The maximum Gasteiger partial charge on any atom is 0.530 e. The first-order valence-corrected chi connectivity index (χ1v) is 18.6. The van der Waals surface area contributed by atoms with Gasteiger partial charge in [-0.2, -0.15) is 0 Å². The van der Waals surface area contributed by atoms with Crippen LogP contribution in [0.4, 0.5) is 0 Å². The molecule has 0 amide bonds. The van der Waals surface area contributed by atoms with Crippen molar-refractivity contribution in [3.63, 3.8) is 0 Å². The number of pyridine rings is 2. The molecule has 0 aliphatic rings. The number of hydrogen-bond donors (Lipinski definition) is 0. The fraction of sp³-hybridized carbons (Fsp3) is 0.0556. The summed E-state index contributed by atoms with van der Waals surface area (Å²) in [6, 6.07) is 30.4. The molecule has 48 heavy (non-hydrogen) atoms. The molecule has 0 aliphatic heterocycles. The second-order valence-corrected chi connectivity index (χ2v) is 14.5. The van der Waals surface area contributed by atoms with Crippen molar-refractivity contribution >= 4 is 40.3 Å². The van der Waals surface area contributed by atoms with Gasteiger partial charge in [-0.1, -0.05) is 73.3 Å². The summed E-state index contributed by atoms with van der Waals surface area (Å²) in [5.74, 6) is 1.95. The second-order valence-electron chi connectivity index (χ2n) is 9.64. The van der Waals surface area contributed by atoms with E-state index in [1.807, 2.05) is 55.5 Å². The number of para-hydroxylation sites is 2. The minimum Gasteiger partial charge on any atom is -0.417 e. The molecule has 5 aromatic rings. The molecule has 5 rings (SSSR count). The summed E-state index contributed by atoms with van der Waals surface area (Å²) >= 11 is 0. The third-order valence-corrected chi connectivity index (χ3v) is 11.7. The molecule has 9 nitrogen and oxygen atoms in total. The molecule has 3 aromatic carbocycles. The Bertz CT molecular complexity index is 1880. The second kappa shape index (κ2) is 17.4. The van der Waals surface area contributed by atoms with Gasteiger partial charge in [0.2, 0.25) is 0 Å². The summed E-state index contributed by atoms with van der Waals surface area (Å²) in [5.41, 5.74) is 0. The fourth-order valence-corrected chi connectivity index (χ4v) is 9.14. The van der Waals surface area contributed by atoms with Gasteiger partial charge in [0.05, 0.1) is 23.0 Å². The molecular formula is C36H33N2O7P3. The van der Waals surface area contributed by atoms with Crippen molar-refractivity contribution in [1.29, 1.82) is 0 Å². The van der Waals surface area contributed by atoms with Gasteiger partial charge in [-0.05, 0) is 67.6 Å². The molecule has 0 spiro atoms. The Morgan fingerprint density at radius 3 is 1.77 bits per heavy atom. The predicted molar refractivity (Wildman–Crippen MR) is 192 cm³/mol. The molecule has 2 heterocycles. The van der Waals surface area contributed by atoms with Crippen LogP contribution in [0.2, 0.25) is 0 Å². The lowest BCUT2D eigenvalue weighted by Gasteiger charge is -2.26. The SMILES string of the molecule is C=C/C(=C\C=C/C)OP(Oc1cccnc1)Oc1ccccc1P(=O)(c1ccccc1)c1ccccc1OP(OC)Oc1cccnc1. The Hall–Kier alpha value is -4.77. The first kappa shape index (κ1) is 34.6. The van der Waals surface area contributed by atoms with Gasteiger partial charge >= 0.3 is 17.2 Å². The molecule has 0 saturated carbocycles. The fourth-order valence-electron chi connectivity index (χ4n) is 4.33. The van der Waals surface area contributed by atoms with Crippen molar-refractivity contribution in [3.05, 3.63) is 165 Å². The normalized spacial score (nSPS) is 13.9. The van der Waals surface area contributed by atoms with Crippen LogP contribution in [0.15, 0.2) is 165 Å². The van der Waals surface area contributed by atoms with E-state index in [1.165, 1.54) is 7.11 Å². The quantitative estimate of drug-likeness (QED) is 0.0569. The third kappa shape index (κ3) is 8.77. The molecule has 244 valence electrons. The van der Waals surface area contributed by atoms with E-state index in [1.54, 1.807) is 104 Å². The number of allylic oxidation sites excluding steroid dienone is 4. The predicted octanol–water partition coefficient (Wildman–Crippen LogP) is 8.79. The maximum atomic E-state index is 15.9. The van der Waals surface area contributed by atoms with E-state index in [-0.39, 0.29) is 0 Å². The van der Waals surface area contributed by atoms with Gasteiger partial charge in [-0.15, -0.1) is 0 Å². The van der Waals surface area contributed by atoms with E-state index in [9.17, 15) is 0 Å². The summed E-state index contributed by atoms with van der Waals surface area (Å²) in [6.45, 7) is 5.75. The number of hydrogen-bond acceptors (Lipinski definition) is 9. The summed E-state index contributed by atoms with van der Waals surface area (Å²) < 4.78 is 52.5.